The Labute approximate surface area is 118 Å². The van der Waals surface area contributed by atoms with E-state index >= 15 is 0 Å². The van der Waals surface area contributed by atoms with Gasteiger partial charge in [0.15, 0.2) is 0 Å². The third-order valence-electron chi connectivity index (χ3n) is 3.36. The first kappa shape index (κ1) is 16.2. The first-order valence-electron chi connectivity index (χ1n) is 7.12. The van der Waals surface area contributed by atoms with Crippen LogP contribution in [0.4, 0.5) is 0 Å². The van der Waals surface area contributed by atoms with Crippen LogP contribution in [-0.4, -0.2) is 21.3 Å². The molecule has 0 saturated heterocycles. The summed E-state index contributed by atoms with van der Waals surface area (Å²) in [5.41, 5.74) is 0.293. The minimum Gasteiger partial charge on any atom is -0.376 e. The smallest absolute Gasteiger partial charge is 0.113 e. The highest BCUT2D eigenvalue weighted by Gasteiger charge is 2.40. The molecular formula is C17H29NO. The van der Waals surface area contributed by atoms with Gasteiger partial charge in [-0.25, -0.2) is 0 Å². The van der Waals surface area contributed by atoms with Crippen molar-refractivity contribution in [3.05, 3.63) is 35.9 Å². The molecule has 2 nitrogen and oxygen atoms in total. The first-order valence-corrected chi connectivity index (χ1v) is 7.12. The van der Waals surface area contributed by atoms with Gasteiger partial charge in [-0.2, -0.15) is 0 Å². The van der Waals surface area contributed by atoms with Crippen molar-refractivity contribution in [2.75, 3.05) is 0 Å². The van der Waals surface area contributed by atoms with E-state index in [1.54, 1.807) is 0 Å². The Kier molecular flexibility index (Phi) is 4.81. The molecule has 0 aliphatic carbocycles. The maximum absolute atomic E-state index is 10.6. The average molecular weight is 263 g/mol. The lowest BCUT2D eigenvalue weighted by molar-refractivity contribution is -0.155. The first-order chi connectivity index (χ1) is 8.55. The largest absolute Gasteiger partial charge is 0.376 e. The molecule has 0 bridgehead atoms. The van der Waals surface area contributed by atoms with Crippen LogP contribution in [0.5, 0.6) is 0 Å². The zero-order chi connectivity index (χ0) is 14.8. The number of aliphatic hydroxyl groups is 1. The van der Waals surface area contributed by atoms with Gasteiger partial charge in [0.25, 0.3) is 0 Å². The number of rotatable bonds is 4. The van der Waals surface area contributed by atoms with Crippen LogP contribution < -0.4 is 0 Å². The summed E-state index contributed by atoms with van der Waals surface area (Å²) in [6, 6.07) is 10.7. The number of hydrogen-bond acceptors (Lipinski definition) is 2. The average Bonchev–Trinajstić information content (AvgIpc) is 2.23. The Morgan fingerprint density at radius 2 is 1.42 bits per heavy atom. The van der Waals surface area contributed by atoms with Crippen molar-refractivity contribution in [3.8, 4) is 0 Å². The van der Waals surface area contributed by atoms with Gasteiger partial charge in [0.1, 0.15) is 5.72 Å². The predicted molar refractivity (Wildman–Crippen MR) is 81.9 cm³/mol. The fraction of sp³-hybridized carbons (Fsp3) is 0.647. The zero-order valence-corrected chi connectivity index (χ0v) is 13.4. The van der Waals surface area contributed by atoms with Crippen molar-refractivity contribution < 1.29 is 5.11 Å². The van der Waals surface area contributed by atoms with Crippen LogP contribution in [-0.2, 0) is 0 Å². The summed E-state index contributed by atoms with van der Waals surface area (Å²) in [5, 5.41) is 10.6. The summed E-state index contributed by atoms with van der Waals surface area (Å²) in [4.78, 5) is 2.21. The zero-order valence-electron chi connectivity index (χ0n) is 13.4. The molecular weight excluding hydrogens is 234 g/mol. The molecule has 1 N–H and O–H groups in total. The van der Waals surface area contributed by atoms with Crippen LogP contribution in [0.25, 0.3) is 0 Å². The summed E-state index contributed by atoms with van der Waals surface area (Å²) < 4.78 is 0. The number of nitrogens with zero attached hydrogens (tertiary/aromatic N) is 1. The van der Waals surface area contributed by atoms with Crippen LogP contribution in [0.2, 0.25) is 0 Å². The van der Waals surface area contributed by atoms with E-state index in [0.717, 1.165) is 0 Å². The molecule has 0 aromatic heterocycles. The van der Waals surface area contributed by atoms with Gasteiger partial charge in [0.2, 0.25) is 0 Å². The summed E-state index contributed by atoms with van der Waals surface area (Å²) in [6.07, 6.45) is 0. The summed E-state index contributed by atoms with van der Waals surface area (Å²) in [5.74, 6) is 0.424. The monoisotopic (exact) mass is 263 g/mol. The Morgan fingerprint density at radius 3 is 1.74 bits per heavy atom. The van der Waals surface area contributed by atoms with Crippen molar-refractivity contribution in [3.63, 3.8) is 0 Å². The standard InChI is InChI=1S/C17H29NO/c1-13(2)15(14-11-9-8-10-12-14)18(16(3,4)5)17(6,7)19/h8-13,15,19H,1-7H3. The maximum Gasteiger partial charge on any atom is 0.113 e. The third kappa shape index (κ3) is 4.05. The van der Waals surface area contributed by atoms with Gasteiger partial charge in [-0.05, 0) is 46.1 Å². The molecule has 0 aliphatic rings. The normalized spacial score (nSPS) is 15.1. The minimum atomic E-state index is -0.858. The second kappa shape index (κ2) is 5.64. The van der Waals surface area contributed by atoms with Crippen LogP contribution in [0.1, 0.15) is 60.1 Å². The molecule has 0 spiro atoms. The molecule has 1 aromatic carbocycles. The van der Waals surface area contributed by atoms with Crippen molar-refractivity contribution in [2.24, 2.45) is 5.92 Å². The van der Waals surface area contributed by atoms with E-state index in [9.17, 15) is 5.11 Å². The highest BCUT2D eigenvalue weighted by atomic mass is 16.3. The Balaban J connectivity index is 3.30. The van der Waals surface area contributed by atoms with E-state index in [2.05, 4.69) is 63.8 Å². The van der Waals surface area contributed by atoms with Crippen LogP contribution in [0.3, 0.4) is 0 Å². The molecule has 0 radical (unpaired) electrons. The minimum absolute atomic E-state index is 0.108. The fourth-order valence-corrected chi connectivity index (χ4v) is 3.06. The molecule has 108 valence electrons. The Morgan fingerprint density at radius 1 is 0.947 bits per heavy atom. The van der Waals surface area contributed by atoms with Crippen molar-refractivity contribution >= 4 is 0 Å². The molecule has 19 heavy (non-hydrogen) atoms. The van der Waals surface area contributed by atoms with E-state index in [-0.39, 0.29) is 11.6 Å². The molecule has 1 aromatic rings. The molecule has 0 saturated carbocycles. The third-order valence-corrected chi connectivity index (χ3v) is 3.36. The van der Waals surface area contributed by atoms with Gasteiger partial charge < -0.3 is 5.11 Å². The number of benzene rings is 1. The van der Waals surface area contributed by atoms with Crippen molar-refractivity contribution in [1.29, 1.82) is 0 Å². The molecule has 0 amide bonds. The molecule has 0 heterocycles. The highest BCUT2D eigenvalue weighted by Crippen LogP contribution is 2.38. The second-order valence-corrected chi connectivity index (χ2v) is 7.13. The SMILES string of the molecule is CC(C)C(c1ccccc1)N(C(C)(C)C)C(C)(C)O. The van der Waals surface area contributed by atoms with E-state index in [4.69, 9.17) is 0 Å². The topological polar surface area (TPSA) is 23.5 Å². The van der Waals surface area contributed by atoms with Gasteiger partial charge in [-0.15, -0.1) is 0 Å². The summed E-state index contributed by atoms with van der Waals surface area (Å²) in [6.45, 7) is 14.6. The van der Waals surface area contributed by atoms with E-state index < -0.39 is 5.72 Å². The van der Waals surface area contributed by atoms with Gasteiger partial charge in [0.05, 0.1) is 0 Å². The van der Waals surface area contributed by atoms with Crippen molar-refractivity contribution in [2.45, 2.75) is 65.8 Å². The maximum atomic E-state index is 10.6. The van der Waals surface area contributed by atoms with Crippen molar-refractivity contribution in [1.82, 2.24) is 4.90 Å². The van der Waals surface area contributed by atoms with E-state index in [1.807, 2.05) is 19.9 Å². The highest BCUT2D eigenvalue weighted by molar-refractivity contribution is 5.20. The Bertz CT molecular complexity index is 370. The predicted octanol–water partition coefficient (Wildman–Crippen LogP) is 4.21. The quantitative estimate of drug-likeness (QED) is 0.822. The van der Waals surface area contributed by atoms with E-state index in [1.165, 1.54) is 5.56 Å². The Hall–Kier alpha value is -0.860. The molecule has 0 aliphatic heterocycles. The summed E-state index contributed by atoms with van der Waals surface area (Å²) >= 11 is 0. The lowest BCUT2D eigenvalue weighted by Crippen LogP contribution is -2.56. The van der Waals surface area contributed by atoms with Crippen LogP contribution in [0, 0.1) is 5.92 Å². The van der Waals surface area contributed by atoms with Gasteiger partial charge >= 0.3 is 0 Å². The number of hydrogen-bond donors (Lipinski definition) is 1. The van der Waals surface area contributed by atoms with Gasteiger partial charge in [0, 0.05) is 11.6 Å². The molecule has 1 atom stereocenters. The van der Waals surface area contributed by atoms with Crippen LogP contribution >= 0.6 is 0 Å². The molecule has 2 heteroatoms. The molecule has 1 rings (SSSR count). The van der Waals surface area contributed by atoms with Gasteiger partial charge in [-0.3, -0.25) is 4.90 Å². The fourth-order valence-electron chi connectivity index (χ4n) is 3.06. The van der Waals surface area contributed by atoms with Crippen LogP contribution in [0.15, 0.2) is 30.3 Å². The van der Waals surface area contributed by atoms with E-state index in [0.29, 0.717) is 5.92 Å². The lowest BCUT2D eigenvalue weighted by Gasteiger charge is -2.50. The second-order valence-electron chi connectivity index (χ2n) is 7.13. The summed E-state index contributed by atoms with van der Waals surface area (Å²) in [7, 11) is 0. The molecule has 0 fully saturated rings. The van der Waals surface area contributed by atoms with Gasteiger partial charge in [-0.1, -0.05) is 44.2 Å². The molecule has 1 unspecified atom stereocenters. The lowest BCUT2D eigenvalue weighted by atomic mass is 9.88.